The zero-order chi connectivity index (χ0) is 23.3. The van der Waals surface area contributed by atoms with Crippen LogP contribution in [0.5, 0.6) is 0 Å². The predicted molar refractivity (Wildman–Crippen MR) is 119 cm³/mol. The van der Waals surface area contributed by atoms with Gasteiger partial charge in [0.1, 0.15) is 0 Å². The van der Waals surface area contributed by atoms with Gasteiger partial charge in [-0.1, -0.05) is 38.1 Å². The number of halogens is 3. The van der Waals surface area contributed by atoms with Crippen LogP contribution >= 0.6 is 0 Å². The van der Waals surface area contributed by atoms with E-state index in [4.69, 9.17) is 0 Å². The smallest absolute Gasteiger partial charge is 0.322 e. The first-order valence-corrected chi connectivity index (χ1v) is 9.89. The van der Waals surface area contributed by atoms with E-state index < -0.39 is 17.8 Å². The Bertz CT molecular complexity index is 1110. The van der Waals surface area contributed by atoms with Crippen molar-refractivity contribution in [2.24, 2.45) is 0 Å². The number of anilines is 3. The Kier molecular flexibility index (Phi) is 6.82. The molecule has 32 heavy (non-hydrogen) atoms. The minimum Gasteiger partial charge on any atom is -0.322 e. The monoisotopic (exact) mass is 441 g/mol. The van der Waals surface area contributed by atoms with Gasteiger partial charge >= 0.3 is 12.2 Å². The van der Waals surface area contributed by atoms with Crippen LogP contribution in [0.1, 0.15) is 41.3 Å². The Hall–Kier alpha value is -3.81. The normalized spacial score (nSPS) is 11.2. The summed E-state index contributed by atoms with van der Waals surface area (Å²) in [7, 11) is 0. The van der Waals surface area contributed by atoms with Crippen molar-refractivity contribution >= 4 is 29.0 Å². The van der Waals surface area contributed by atoms with Crippen LogP contribution in [0.2, 0.25) is 0 Å². The molecule has 3 rings (SSSR count). The highest BCUT2D eigenvalue weighted by molar-refractivity contribution is 6.05. The molecule has 0 spiro atoms. The first kappa shape index (κ1) is 22.9. The van der Waals surface area contributed by atoms with Crippen LogP contribution in [0.15, 0.2) is 72.8 Å². The maximum atomic E-state index is 12.9. The number of rotatable bonds is 5. The van der Waals surface area contributed by atoms with Crippen molar-refractivity contribution in [2.45, 2.75) is 25.9 Å². The minimum absolute atomic E-state index is 0.00688. The largest absolute Gasteiger partial charge is 0.416 e. The van der Waals surface area contributed by atoms with Crippen LogP contribution in [-0.2, 0) is 6.18 Å². The quantitative estimate of drug-likeness (QED) is 0.411. The highest BCUT2D eigenvalue weighted by atomic mass is 19.4. The van der Waals surface area contributed by atoms with Crippen LogP contribution in [0.3, 0.4) is 0 Å². The van der Waals surface area contributed by atoms with Crippen molar-refractivity contribution < 1.29 is 22.8 Å². The maximum Gasteiger partial charge on any atom is 0.416 e. The SMILES string of the molecule is CC(C)c1cc(NC(=O)c2ccccc2)ccc1NC(=O)Nc1cccc(C(F)(F)F)c1. The molecule has 0 aliphatic carbocycles. The van der Waals surface area contributed by atoms with E-state index in [1.807, 2.05) is 19.9 Å². The molecule has 0 aliphatic rings. The van der Waals surface area contributed by atoms with E-state index >= 15 is 0 Å². The van der Waals surface area contributed by atoms with Gasteiger partial charge in [0.25, 0.3) is 5.91 Å². The van der Waals surface area contributed by atoms with Crippen LogP contribution < -0.4 is 16.0 Å². The molecule has 3 aromatic rings. The fourth-order valence-corrected chi connectivity index (χ4v) is 3.08. The zero-order valence-electron chi connectivity index (χ0n) is 17.5. The van der Waals surface area contributed by atoms with Crippen molar-refractivity contribution in [3.63, 3.8) is 0 Å². The van der Waals surface area contributed by atoms with Gasteiger partial charge in [0.2, 0.25) is 0 Å². The number of carbonyl (C=O) groups is 2. The molecule has 3 aromatic carbocycles. The summed E-state index contributed by atoms with van der Waals surface area (Å²) >= 11 is 0. The highest BCUT2D eigenvalue weighted by Crippen LogP contribution is 2.31. The summed E-state index contributed by atoms with van der Waals surface area (Å²) in [5.41, 5.74) is 1.50. The lowest BCUT2D eigenvalue weighted by Gasteiger charge is -2.17. The molecular formula is C24H22F3N3O2. The van der Waals surface area contributed by atoms with Crippen LogP contribution in [-0.4, -0.2) is 11.9 Å². The van der Waals surface area contributed by atoms with E-state index in [1.165, 1.54) is 12.1 Å². The molecule has 166 valence electrons. The number of hydrogen-bond donors (Lipinski definition) is 3. The molecule has 0 heterocycles. The van der Waals surface area contributed by atoms with Gasteiger partial charge in [-0.3, -0.25) is 4.79 Å². The topological polar surface area (TPSA) is 70.2 Å². The maximum absolute atomic E-state index is 12.9. The number of nitrogens with one attached hydrogen (secondary N) is 3. The molecule has 0 aromatic heterocycles. The van der Waals surface area contributed by atoms with E-state index in [1.54, 1.807) is 42.5 Å². The molecular weight excluding hydrogens is 419 g/mol. The summed E-state index contributed by atoms with van der Waals surface area (Å²) in [6.07, 6.45) is -4.50. The molecule has 3 amide bonds. The second kappa shape index (κ2) is 9.55. The van der Waals surface area contributed by atoms with Crippen molar-refractivity contribution in [1.82, 2.24) is 0 Å². The number of amides is 3. The van der Waals surface area contributed by atoms with Crippen molar-refractivity contribution in [1.29, 1.82) is 0 Å². The number of benzene rings is 3. The fourth-order valence-electron chi connectivity index (χ4n) is 3.08. The van der Waals surface area contributed by atoms with Gasteiger partial charge in [-0.15, -0.1) is 0 Å². The first-order valence-electron chi connectivity index (χ1n) is 9.89. The van der Waals surface area contributed by atoms with E-state index in [2.05, 4.69) is 16.0 Å². The third-order valence-corrected chi connectivity index (χ3v) is 4.66. The standard InChI is InChI=1S/C24H22F3N3O2/c1-15(2)20-14-19(28-22(31)16-7-4-3-5-8-16)11-12-21(20)30-23(32)29-18-10-6-9-17(13-18)24(25,26)27/h3-15H,1-2H3,(H,28,31)(H2,29,30,32). The van der Waals surface area contributed by atoms with Crippen LogP contribution in [0.25, 0.3) is 0 Å². The number of urea groups is 1. The van der Waals surface area contributed by atoms with Gasteiger partial charge in [0, 0.05) is 22.6 Å². The second-order valence-electron chi connectivity index (χ2n) is 7.43. The Morgan fingerprint density at radius 3 is 2.12 bits per heavy atom. The van der Waals surface area contributed by atoms with Crippen LogP contribution in [0.4, 0.5) is 35.0 Å². The predicted octanol–water partition coefficient (Wildman–Crippen LogP) is 6.73. The molecule has 0 unspecified atom stereocenters. The highest BCUT2D eigenvalue weighted by Gasteiger charge is 2.30. The van der Waals surface area contributed by atoms with Crippen molar-refractivity contribution in [3.05, 3.63) is 89.5 Å². The molecule has 0 saturated carbocycles. The summed E-state index contributed by atoms with van der Waals surface area (Å²) in [5.74, 6) is -0.254. The molecule has 0 saturated heterocycles. The Morgan fingerprint density at radius 2 is 1.47 bits per heavy atom. The molecule has 0 aliphatic heterocycles. The van der Waals surface area contributed by atoms with Gasteiger partial charge in [-0.25, -0.2) is 4.79 Å². The minimum atomic E-state index is -4.50. The Balaban J connectivity index is 1.73. The van der Waals surface area contributed by atoms with Gasteiger partial charge in [0.05, 0.1) is 5.56 Å². The third kappa shape index (κ3) is 5.87. The Labute approximate surface area is 183 Å². The molecule has 0 bridgehead atoms. The summed E-state index contributed by atoms with van der Waals surface area (Å²) < 4.78 is 38.6. The average molecular weight is 441 g/mol. The van der Waals surface area contributed by atoms with Gasteiger partial charge in [0.15, 0.2) is 0 Å². The molecule has 3 N–H and O–H groups in total. The van der Waals surface area contributed by atoms with Crippen LogP contribution in [0, 0.1) is 0 Å². The molecule has 0 radical (unpaired) electrons. The summed E-state index contributed by atoms with van der Waals surface area (Å²) in [6.45, 7) is 3.85. The van der Waals surface area contributed by atoms with Crippen molar-refractivity contribution in [2.75, 3.05) is 16.0 Å². The van der Waals surface area contributed by atoms with Gasteiger partial charge in [-0.05, 0) is 60.0 Å². The molecule has 8 heteroatoms. The van der Waals surface area contributed by atoms with E-state index in [-0.39, 0.29) is 17.5 Å². The average Bonchev–Trinajstić information content (AvgIpc) is 2.74. The zero-order valence-corrected chi connectivity index (χ0v) is 17.5. The third-order valence-electron chi connectivity index (χ3n) is 4.66. The second-order valence-corrected chi connectivity index (χ2v) is 7.43. The number of carbonyl (C=O) groups excluding carboxylic acids is 2. The summed E-state index contributed by atoms with van der Waals surface area (Å²) in [4.78, 5) is 24.8. The lowest BCUT2D eigenvalue weighted by Crippen LogP contribution is -2.21. The fraction of sp³-hybridized carbons (Fsp3) is 0.167. The summed E-state index contributed by atoms with van der Waals surface area (Å²) in [5, 5.41) is 7.90. The van der Waals surface area contributed by atoms with Crippen molar-refractivity contribution in [3.8, 4) is 0 Å². The molecule has 5 nitrogen and oxygen atoms in total. The molecule has 0 atom stereocenters. The Morgan fingerprint density at radius 1 is 0.781 bits per heavy atom. The lowest BCUT2D eigenvalue weighted by atomic mass is 10.00. The van der Waals surface area contributed by atoms with E-state index in [0.717, 1.165) is 17.7 Å². The first-order chi connectivity index (χ1) is 15.1. The van der Waals surface area contributed by atoms with Gasteiger partial charge in [-0.2, -0.15) is 13.2 Å². The summed E-state index contributed by atoms with van der Waals surface area (Å²) in [6, 6.07) is 17.5. The lowest BCUT2D eigenvalue weighted by molar-refractivity contribution is -0.137. The number of hydrogen-bond acceptors (Lipinski definition) is 2. The van der Waals surface area contributed by atoms with E-state index in [0.29, 0.717) is 16.9 Å². The van der Waals surface area contributed by atoms with Gasteiger partial charge < -0.3 is 16.0 Å². The van der Waals surface area contributed by atoms with E-state index in [9.17, 15) is 22.8 Å². The number of alkyl halides is 3. The molecule has 0 fully saturated rings.